The van der Waals surface area contributed by atoms with Crippen LogP contribution in [0.2, 0.25) is 15.1 Å². The zero-order valence-corrected chi connectivity index (χ0v) is 59.9. The topological polar surface area (TPSA) is 261 Å². The van der Waals surface area contributed by atoms with Gasteiger partial charge in [-0.2, -0.15) is 0 Å². The Balaban J connectivity index is 0.000000143. The lowest BCUT2D eigenvalue weighted by atomic mass is 10.1. The number of ether oxygens (including phenoxy) is 3. The Morgan fingerprint density at radius 3 is 1.11 bits per heavy atom. The van der Waals surface area contributed by atoms with Crippen LogP contribution in [0.5, 0.6) is 17.2 Å². The number of halogens is 6. The van der Waals surface area contributed by atoms with Gasteiger partial charge < -0.3 is 48.7 Å². The molecule has 542 valence electrons. The molecule has 0 amide bonds. The van der Waals surface area contributed by atoms with E-state index in [2.05, 4.69) is 51.2 Å². The van der Waals surface area contributed by atoms with Crippen LogP contribution in [-0.2, 0) is 36.2 Å². The highest BCUT2D eigenvalue weighted by molar-refractivity contribution is 7.90. The van der Waals surface area contributed by atoms with Gasteiger partial charge in [0.15, 0.2) is 24.1 Å². The minimum Gasteiger partial charge on any atom is -0.487 e. The first-order chi connectivity index (χ1) is 52.4. The number of carbonyl (C=O) groups is 2. The number of rotatable bonds is 25. The Hall–Kier alpha value is -12.5. The van der Waals surface area contributed by atoms with E-state index in [9.17, 15) is 31.2 Å². The fraction of sp³-hybridized carbons (Fsp3) is 0.0864. The highest BCUT2D eigenvalue weighted by Gasteiger charge is 2.17. The molecule has 0 aliphatic carbocycles. The maximum absolute atomic E-state index is 13.4. The van der Waals surface area contributed by atoms with Gasteiger partial charge in [0.2, 0.25) is 0 Å². The molecule has 27 heteroatoms. The van der Waals surface area contributed by atoms with Gasteiger partial charge in [0.25, 0.3) is 0 Å². The van der Waals surface area contributed by atoms with Crippen LogP contribution >= 0.6 is 34.8 Å². The number of nitrogens with zero attached hydrogens (tertiary/aromatic N) is 6. The molecule has 0 radical (unpaired) electrons. The number of aldehydes is 2. The normalized spacial score (nSPS) is 11.1. The van der Waals surface area contributed by atoms with Gasteiger partial charge in [-0.25, -0.2) is 51.5 Å². The third-order valence-electron chi connectivity index (χ3n) is 16.3. The van der Waals surface area contributed by atoms with Gasteiger partial charge in [0.05, 0.1) is 43.9 Å². The summed E-state index contributed by atoms with van der Waals surface area (Å²) in [5, 5.41) is 16.4. The molecule has 6 heterocycles. The molecule has 0 bridgehead atoms. The zero-order valence-electron chi connectivity index (χ0n) is 56.9. The van der Waals surface area contributed by atoms with Crippen molar-refractivity contribution in [3.63, 3.8) is 0 Å². The van der Waals surface area contributed by atoms with Crippen LogP contribution in [0.15, 0.2) is 251 Å². The van der Waals surface area contributed by atoms with Gasteiger partial charge in [0, 0.05) is 62.7 Å². The van der Waals surface area contributed by atoms with Crippen molar-refractivity contribution in [2.75, 3.05) is 34.5 Å². The van der Waals surface area contributed by atoms with E-state index in [1.54, 1.807) is 97.1 Å². The van der Waals surface area contributed by atoms with Gasteiger partial charge >= 0.3 is 0 Å². The van der Waals surface area contributed by atoms with Crippen LogP contribution in [0.4, 0.5) is 47.7 Å². The highest BCUT2D eigenvalue weighted by atomic mass is 35.5. The molecule has 4 N–H and O–H groups in total. The molecule has 0 unspecified atom stereocenters. The number of hydrogen-bond acceptors (Lipinski definition) is 20. The maximum atomic E-state index is 13.4. The van der Waals surface area contributed by atoms with E-state index in [4.69, 9.17) is 62.3 Å². The average molecular weight is 1530 g/mol. The molecule has 15 rings (SSSR count). The molecule has 0 saturated carbocycles. The minimum atomic E-state index is -3.02. The Morgan fingerprint density at radius 1 is 0.417 bits per heavy atom. The smallest absolute Gasteiger partial charge is 0.185 e. The van der Waals surface area contributed by atoms with E-state index >= 15 is 0 Å². The van der Waals surface area contributed by atoms with Crippen LogP contribution in [0.3, 0.4) is 0 Å². The number of furan rings is 3. The predicted molar refractivity (Wildman–Crippen MR) is 410 cm³/mol. The van der Waals surface area contributed by atoms with Crippen molar-refractivity contribution in [2.45, 2.75) is 26.4 Å². The molecular formula is C81H60Cl3F3N10O10S. The molecule has 6 aromatic heterocycles. The summed E-state index contributed by atoms with van der Waals surface area (Å²) >= 11 is 19.3. The molecule has 0 atom stereocenters. The largest absolute Gasteiger partial charge is 0.487 e. The second-order valence-electron chi connectivity index (χ2n) is 24.1. The third-order valence-corrected chi connectivity index (χ3v) is 18.1. The lowest BCUT2D eigenvalue weighted by Gasteiger charge is -2.12. The molecule has 0 aliphatic rings. The van der Waals surface area contributed by atoms with Gasteiger partial charge in [-0.15, -0.1) is 0 Å². The van der Waals surface area contributed by atoms with Gasteiger partial charge in [-0.3, -0.25) is 9.59 Å². The van der Waals surface area contributed by atoms with Gasteiger partial charge in [-0.05, 0) is 199 Å². The van der Waals surface area contributed by atoms with Gasteiger partial charge in [-0.1, -0.05) is 71.2 Å². The summed E-state index contributed by atoms with van der Waals surface area (Å²) in [6.07, 6.45) is 6.96. The molecule has 9 aromatic carbocycles. The fourth-order valence-corrected chi connectivity index (χ4v) is 12.2. The van der Waals surface area contributed by atoms with Crippen molar-refractivity contribution in [3.05, 3.63) is 304 Å². The van der Waals surface area contributed by atoms with E-state index in [-0.39, 0.29) is 54.5 Å². The Labute approximate surface area is 630 Å². The fourth-order valence-electron chi connectivity index (χ4n) is 11.0. The Bertz CT molecular complexity index is 5670. The quantitative estimate of drug-likeness (QED) is 0.0306. The number of aromatic nitrogens is 6. The lowest BCUT2D eigenvalue weighted by Crippen LogP contribution is -2.21. The number of hydrogen-bond donors (Lipinski definition) is 4. The van der Waals surface area contributed by atoms with Crippen molar-refractivity contribution in [1.82, 2.24) is 35.2 Å². The molecule has 20 nitrogen and oxygen atoms in total. The predicted octanol–water partition coefficient (Wildman–Crippen LogP) is 19.8. The van der Waals surface area contributed by atoms with Crippen LogP contribution in [0.25, 0.3) is 66.7 Å². The first-order valence-electron chi connectivity index (χ1n) is 33.1. The van der Waals surface area contributed by atoms with E-state index in [0.717, 1.165) is 49.4 Å². The molecule has 108 heavy (non-hydrogen) atoms. The summed E-state index contributed by atoms with van der Waals surface area (Å²) in [5.41, 5.74) is 8.87. The lowest BCUT2D eigenvalue weighted by molar-refractivity contribution is 0.109. The van der Waals surface area contributed by atoms with Crippen LogP contribution < -0.4 is 35.5 Å². The standard InChI is InChI=1S/C29H26ClFN4O4S.2C26H17ClFN3O3/c1-40(36,37)12-11-32-16-23-7-10-27(39-23)20-5-8-26-24(14-20)29(34-18-33-26)35-22-6-9-28(25(30)15-22)38-17-19-3-2-4-21(31)13-19;2*27-22-12-19(5-8-25(22)33-14-16-2-1-3-18(28)10-16)31-26-21-11-17(4-7-23(21)29-15-30-26)24-9-6-20(13-32)34-24/h2-10,13-15,18,32H,11-12,16-17H2,1H3,(H,33,34,35);2*1-13,15H,14H2,(H,29,30,31). The van der Waals surface area contributed by atoms with E-state index in [1.807, 2.05) is 84.9 Å². The van der Waals surface area contributed by atoms with Crippen LogP contribution in [-0.4, -0.2) is 69.4 Å². The molecule has 0 spiro atoms. The first kappa shape index (κ1) is 73.8. The number of fused-ring (bicyclic) bond motifs is 3. The Morgan fingerprint density at radius 2 is 0.778 bits per heavy atom. The molecule has 0 fully saturated rings. The second-order valence-corrected chi connectivity index (χ2v) is 27.6. The van der Waals surface area contributed by atoms with Crippen molar-refractivity contribution >= 4 is 124 Å². The van der Waals surface area contributed by atoms with Crippen molar-refractivity contribution in [3.8, 4) is 51.2 Å². The number of sulfone groups is 1. The summed E-state index contributed by atoms with van der Waals surface area (Å²) in [6.45, 7) is 1.35. The van der Waals surface area contributed by atoms with E-state index < -0.39 is 9.84 Å². The van der Waals surface area contributed by atoms with Crippen LogP contribution in [0, 0.1) is 17.5 Å². The summed E-state index contributed by atoms with van der Waals surface area (Å²) in [7, 11) is -3.02. The number of nitrogens with one attached hydrogen (secondary N) is 4. The van der Waals surface area contributed by atoms with E-state index in [1.165, 1.54) is 61.6 Å². The maximum Gasteiger partial charge on any atom is 0.185 e. The molecular weight excluding hydrogens is 1470 g/mol. The third kappa shape index (κ3) is 19.3. The summed E-state index contributed by atoms with van der Waals surface area (Å²) in [6, 6.07) is 61.9. The summed E-state index contributed by atoms with van der Waals surface area (Å²) < 4.78 is 97.0. The summed E-state index contributed by atoms with van der Waals surface area (Å²) in [5.74, 6) is 5.32. The number of benzene rings is 9. The first-order valence-corrected chi connectivity index (χ1v) is 36.2. The molecule has 0 aliphatic heterocycles. The zero-order chi connectivity index (χ0) is 75.1. The molecule has 0 saturated heterocycles. The minimum absolute atomic E-state index is 0.0664. The monoisotopic (exact) mass is 1530 g/mol. The highest BCUT2D eigenvalue weighted by Crippen LogP contribution is 2.38. The van der Waals surface area contributed by atoms with Crippen molar-refractivity contribution in [2.24, 2.45) is 0 Å². The van der Waals surface area contributed by atoms with Crippen LogP contribution in [0.1, 0.15) is 43.6 Å². The Kier molecular flexibility index (Phi) is 23.4. The second kappa shape index (κ2) is 34.2. The van der Waals surface area contributed by atoms with Gasteiger partial charge in [0.1, 0.15) is 124 Å². The van der Waals surface area contributed by atoms with Crippen molar-refractivity contribution < 1.29 is 58.6 Å². The van der Waals surface area contributed by atoms with E-state index in [0.29, 0.717) is 132 Å². The SMILES string of the molecule is CS(=O)(=O)CCNCc1ccc(-c2ccc3ncnc(Nc4ccc(OCc5cccc(F)c5)c(Cl)c4)c3c2)o1.O=Cc1ccc(-c2ccc3ncnc(Nc4ccc(OCc5cccc(F)c5)c(Cl)c4)c3c2)o1.O=Cc1ccc(-c2ccc3ncnc(Nc4ccc(OCc5cccc(F)c5)c(Cl)c4)c3c2)o1. The number of carbonyl (C=O) groups excluding carboxylic acids is 2. The average Bonchev–Trinajstić information content (AvgIpc) is 1.24. The number of anilines is 6. The molecule has 15 aromatic rings. The summed E-state index contributed by atoms with van der Waals surface area (Å²) in [4.78, 5) is 48.1. The van der Waals surface area contributed by atoms with Crippen molar-refractivity contribution in [1.29, 1.82) is 0 Å².